The van der Waals surface area contributed by atoms with E-state index in [9.17, 15) is 15.4 Å². The molecule has 1 aliphatic heterocycles. The van der Waals surface area contributed by atoms with Crippen molar-refractivity contribution in [2.75, 3.05) is 6.54 Å². The maximum atomic E-state index is 11.5. The lowest BCUT2D eigenvalue weighted by molar-refractivity contribution is -0.384. The Labute approximate surface area is 206 Å². The third-order valence-corrected chi connectivity index (χ3v) is 7.15. The smallest absolute Gasteiger partial charge is 0.280 e. The van der Waals surface area contributed by atoms with E-state index in [2.05, 4.69) is 28.1 Å². The topological polar surface area (TPSA) is 95.7 Å². The molecular weight excluding hydrogens is 460 g/mol. The van der Waals surface area contributed by atoms with Crippen molar-refractivity contribution >= 4 is 28.2 Å². The number of nitro benzene ring substituents is 1. The van der Waals surface area contributed by atoms with E-state index < -0.39 is 4.92 Å². The first kappa shape index (κ1) is 22.7. The van der Waals surface area contributed by atoms with E-state index in [1.807, 2.05) is 31.2 Å². The maximum Gasteiger partial charge on any atom is 0.280 e. The molecule has 174 valence electrons. The van der Waals surface area contributed by atoms with E-state index in [1.54, 1.807) is 24.4 Å². The normalized spacial score (nSPS) is 13.6. The van der Waals surface area contributed by atoms with Crippen molar-refractivity contribution < 1.29 is 9.34 Å². The van der Waals surface area contributed by atoms with Crippen LogP contribution in [0.2, 0.25) is 0 Å². The number of nitrogens with zero attached hydrogens (tertiary/aromatic N) is 4. The third kappa shape index (κ3) is 4.78. The molecule has 2 aromatic carbocycles. The van der Waals surface area contributed by atoms with Gasteiger partial charge in [0.15, 0.2) is 0 Å². The van der Waals surface area contributed by atoms with Gasteiger partial charge in [0.1, 0.15) is 22.6 Å². The van der Waals surface area contributed by atoms with Gasteiger partial charge in [-0.1, -0.05) is 36.4 Å². The number of fused-ring (bicyclic) bond motifs is 1. The summed E-state index contributed by atoms with van der Waals surface area (Å²) >= 11 is 1.54. The molecule has 0 bridgehead atoms. The van der Waals surface area contributed by atoms with Crippen molar-refractivity contribution in [2.24, 2.45) is 4.99 Å². The Morgan fingerprint density at radius 2 is 2.06 bits per heavy atom. The van der Waals surface area contributed by atoms with Crippen molar-refractivity contribution in [3.8, 4) is 17.4 Å². The highest BCUT2D eigenvalue weighted by Crippen LogP contribution is 2.39. The molecule has 8 heteroatoms. The summed E-state index contributed by atoms with van der Waals surface area (Å²) in [5.41, 5.74) is 4.21. The molecule has 1 aliphatic rings. The number of aryl methyl sites for hydroxylation is 1. The zero-order valence-electron chi connectivity index (χ0n) is 19.1. The van der Waals surface area contributed by atoms with E-state index >= 15 is 0 Å². The summed E-state index contributed by atoms with van der Waals surface area (Å²) in [4.78, 5) is 19.2. The number of aliphatic imine (C=N–C) groups is 1. The van der Waals surface area contributed by atoms with Gasteiger partial charge >= 0.3 is 0 Å². The minimum absolute atomic E-state index is 0.000550. The molecule has 0 radical (unpaired) electrons. The fourth-order valence-electron chi connectivity index (χ4n) is 4.32. The molecule has 0 N–H and O–H groups in total. The fraction of sp³-hybridized carbons (Fsp3) is 0.185. The second kappa shape index (κ2) is 9.66. The van der Waals surface area contributed by atoms with E-state index in [0.29, 0.717) is 27.6 Å². The lowest BCUT2D eigenvalue weighted by Crippen LogP contribution is -2.29. The quantitative estimate of drug-likeness (QED) is 0.180. The molecule has 2 aromatic heterocycles. The zero-order valence-corrected chi connectivity index (χ0v) is 19.9. The molecule has 0 aliphatic carbocycles. The number of rotatable bonds is 6. The van der Waals surface area contributed by atoms with Gasteiger partial charge in [0, 0.05) is 30.6 Å². The van der Waals surface area contributed by atoms with Gasteiger partial charge in [0.25, 0.3) is 5.69 Å². The van der Waals surface area contributed by atoms with Gasteiger partial charge in [0.2, 0.25) is 0 Å². The SMILES string of the molecule is Cc1ccc(-c2ccc(C=Nc3sc4c(c3C#N)CCN(Cc3ccccc3)C4)o2)c([N+](=O)[O-])c1. The summed E-state index contributed by atoms with van der Waals surface area (Å²) in [5.74, 6) is 0.872. The number of hydrogen-bond acceptors (Lipinski definition) is 7. The van der Waals surface area contributed by atoms with Crippen LogP contribution in [0.5, 0.6) is 0 Å². The minimum atomic E-state index is -0.408. The van der Waals surface area contributed by atoms with Crippen molar-refractivity contribution in [1.82, 2.24) is 4.90 Å². The van der Waals surface area contributed by atoms with Gasteiger partial charge in [-0.05, 0) is 48.2 Å². The van der Waals surface area contributed by atoms with Gasteiger partial charge in [-0.15, -0.1) is 11.3 Å². The molecule has 5 rings (SSSR count). The van der Waals surface area contributed by atoms with E-state index in [-0.39, 0.29) is 5.69 Å². The molecule has 0 saturated heterocycles. The molecule has 3 heterocycles. The lowest BCUT2D eigenvalue weighted by Gasteiger charge is -2.26. The number of nitriles is 1. The molecule has 0 spiro atoms. The highest BCUT2D eigenvalue weighted by molar-refractivity contribution is 7.16. The highest BCUT2D eigenvalue weighted by atomic mass is 32.1. The summed E-state index contributed by atoms with van der Waals surface area (Å²) in [6.07, 6.45) is 2.39. The van der Waals surface area contributed by atoms with E-state index in [1.165, 1.54) is 27.8 Å². The van der Waals surface area contributed by atoms with E-state index in [0.717, 1.165) is 37.2 Å². The van der Waals surface area contributed by atoms with Gasteiger partial charge in [-0.3, -0.25) is 15.0 Å². The lowest BCUT2D eigenvalue weighted by atomic mass is 10.0. The maximum absolute atomic E-state index is 11.5. The Morgan fingerprint density at radius 3 is 2.83 bits per heavy atom. The molecule has 0 amide bonds. The Kier molecular flexibility index (Phi) is 6.27. The number of hydrogen-bond donors (Lipinski definition) is 0. The predicted molar refractivity (Wildman–Crippen MR) is 136 cm³/mol. The average molecular weight is 483 g/mol. The monoisotopic (exact) mass is 482 g/mol. The number of nitro groups is 1. The van der Waals surface area contributed by atoms with Crippen molar-refractivity contribution in [3.05, 3.63) is 104 Å². The molecule has 0 fully saturated rings. The van der Waals surface area contributed by atoms with Gasteiger partial charge in [0.05, 0.1) is 22.3 Å². The summed E-state index contributed by atoms with van der Waals surface area (Å²) in [6.45, 7) is 4.37. The summed E-state index contributed by atoms with van der Waals surface area (Å²) in [7, 11) is 0. The van der Waals surface area contributed by atoms with Gasteiger partial charge in [-0.25, -0.2) is 4.99 Å². The van der Waals surface area contributed by atoms with Crippen molar-refractivity contribution in [2.45, 2.75) is 26.4 Å². The summed E-state index contributed by atoms with van der Waals surface area (Å²) in [5, 5.41) is 21.9. The van der Waals surface area contributed by atoms with Crippen LogP contribution in [-0.2, 0) is 19.5 Å². The summed E-state index contributed by atoms with van der Waals surface area (Å²) < 4.78 is 5.84. The van der Waals surface area contributed by atoms with Crippen LogP contribution in [-0.4, -0.2) is 22.6 Å². The first-order chi connectivity index (χ1) is 17.0. The molecular formula is C27H22N4O3S. The van der Waals surface area contributed by atoms with Crippen LogP contribution < -0.4 is 0 Å². The Balaban J connectivity index is 1.36. The van der Waals surface area contributed by atoms with Crippen LogP contribution in [0.25, 0.3) is 11.3 Å². The van der Waals surface area contributed by atoms with Crippen LogP contribution in [0, 0.1) is 28.4 Å². The highest BCUT2D eigenvalue weighted by Gasteiger charge is 2.24. The van der Waals surface area contributed by atoms with Gasteiger partial charge in [-0.2, -0.15) is 5.26 Å². The minimum Gasteiger partial charge on any atom is -0.455 e. The predicted octanol–water partition coefficient (Wildman–Crippen LogP) is 6.41. The molecule has 0 saturated carbocycles. The van der Waals surface area contributed by atoms with Crippen molar-refractivity contribution in [3.63, 3.8) is 0 Å². The largest absolute Gasteiger partial charge is 0.455 e. The molecule has 35 heavy (non-hydrogen) atoms. The Morgan fingerprint density at radius 1 is 1.23 bits per heavy atom. The molecule has 7 nitrogen and oxygen atoms in total. The van der Waals surface area contributed by atoms with E-state index in [4.69, 9.17) is 4.42 Å². The van der Waals surface area contributed by atoms with Crippen LogP contribution in [0.1, 0.15) is 32.9 Å². The number of benzene rings is 2. The van der Waals surface area contributed by atoms with Crippen LogP contribution >= 0.6 is 11.3 Å². The molecule has 0 unspecified atom stereocenters. The van der Waals surface area contributed by atoms with Crippen LogP contribution in [0.3, 0.4) is 0 Å². The first-order valence-corrected chi connectivity index (χ1v) is 12.0. The average Bonchev–Trinajstić information content (AvgIpc) is 3.47. The fourth-order valence-corrected chi connectivity index (χ4v) is 5.50. The number of furan rings is 1. The van der Waals surface area contributed by atoms with Crippen LogP contribution in [0.4, 0.5) is 10.7 Å². The summed E-state index contributed by atoms with van der Waals surface area (Å²) in [6, 6.07) is 21.2. The standard InChI is InChI=1S/C27H22N4O3S/c1-18-7-9-22(24(13-18)31(32)33)25-10-8-20(34-25)15-29-27-23(14-28)21-11-12-30(17-26(21)35-27)16-19-5-3-2-4-6-19/h2-10,13,15H,11-12,16-17H2,1H3. The Hall–Kier alpha value is -4.06. The van der Waals surface area contributed by atoms with Gasteiger partial charge < -0.3 is 4.42 Å². The Bertz CT molecular complexity index is 1460. The zero-order chi connectivity index (χ0) is 24.4. The third-order valence-electron chi connectivity index (χ3n) is 6.03. The van der Waals surface area contributed by atoms with Crippen molar-refractivity contribution in [1.29, 1.82) is 5.26 Å². The first-order valence-electron chi connectivity index (χ1n) is 11.2. The molecule has 4 aromatic rings. The van der Waals surface area contributed by atoms with Crippen LogP contribution in [0.15, 0.2) is 70.1 Å². The second-order valence-electron chi connectivity index (χ2n) is 8.48. The second-order valence-corrected chi connectivity index (χ2v) is 9.56. The number of thiophene rings is 1. The molecule has 0 atom stereocenters.